The van der Waals surface area contributed by atoms with Gasteiger partial charge in [0.1, 0.15) is 5.75 Å². The van der Waals surface area contributed by atoms with E-state index in [9.17, 15) is 18.0 Å². The summed E-state index contributed by atoms with van der Waals surface area (Å²) in [5.74, 6) is 0.0121. The number of hydrogen-bond donors (Lipinski definition) is 1. The second kappa shape index (κ2) is 7.47. The summed E-state index contributed by atoms with van der Waals surface area (Å²) in [6, 6.07) is 15.9. The molecule has 0 radical (unpaired) electrons. The molecular formula is C21H21F3N2O2. The molecular weight excluding hydrogens is 369 g/mol. The maximum absolute atomic E-state index is 12.8. The van der Waals surface area contributed by atoms with Gasteiger partial charge in [-0.15, -0.1) is 13.2 Å². The molecule has 2 aromatic carbocycles. The molecule has 2 fully saturated rings. The van der Waals surface area contributed by atoms with Crippen molar-refractivity contribution in [2.45, 2.75) is 31.8 Å². The highest BCUT2D eigenvalue weighted by atomic mass is 19.4. The predicted molar refractivity (Wildman–Crippen MR) is 98.8 cm³/mol. The predicted octanol–water partition coefficient (Wildman–Crippen LogP) is 4.12. The quantitative estimate of drug-likeness (QED) is 0.835. The summed E-state index contributed by atoms with van der Waals surface area (Å²) in [5.41, 5.74) is 1.83. The smallest absolute Gasteiger partial charge is 0.406 e. The largest absolute Gasteiger partial charge is 0.573 e. The van der Waals surface area contributed by atoms with Crippen molar-refractivity contribution in [3.63, 3.8) is 0 Å². The summed E-state index contributed by atoms with van der Waals surface area (Å²) in [5, 5.41) is 3.54. The summed E-state index contributed by atoms with van der Waals surface area (Å²) in [4.78, 5) is 14.5. The van der Waals surface area contributed by atoms with Crippen LogP contribution in [-0.4, -0.2) is 24.9 Å². The third-order valence-corrected chi connectivity index (χ3v) is 5.51. The Kier molecular flexibility index (Phi) is 5.02. The molecule has 1 aliphatic heterocycles. The highest BCUT2D eigenvalue weighted by Crippen LogP contribution is 2.41. The van der Waals surface area contributed by atoms with E-state index in [1.54, 1.807) is 4.90 Å². The Morgan fingerprint density at radius 2 is 1.75 bits per heavy atom. The molecule has 1 N–H and O–H groups in total. The second-order valence-corrected chi connectivity index (χ2v) is 7.39. The van der Waals surface area contributed by atoms with Crippen LogP contribution in [0, 0.1) is 11.8 Å². The highest BCUT2D eigenvalue weighted by molar-refractivity contribution is 5.98. The van der Waals surface area contributed by atoms with E-state index in [4.69, 9.17) is 0 Å². The van der Waals surface area contributed by atoms with E-state index in [0.717, 1.165) is 19.4 Å². The first-order valence-electron chi connectivity index (χ1n) is 9.33. The lowest BCUT2D eigenvalue weighted by Gasteiger charge is -2.20. The average Bonchev–Trinajstić information content (AvgIpc) is 3.19. The molecule has 0 bridgehead atoms. The van der Waals surface area contributed by atoms with Crippen molar-refractivity contribution in [1.82, 2.24) is 5.32 Å². The van der Waals surface area contributed by atoms with Gasteiger partial charge in [0.2, 0.25) is 5.91 Å². The number of nitrogens with one attached hydrogen (secondary N) is 1. The Morgan fingerprint density at radius 3 is 2.39 bits per heavy atom. The van der Waals surface area contributed by atoms with Crippen molar-refractivity contribution in [1.29, 1.82) is 0 Å². The first-order chi connectivity index (χ1) is 13.4. The van der Waals surface area contributed by atoms with E-state index in [1.807, 2.05) is 18.2 Å². The van der Waals surface area contributed by atoms with Gasteiger partial charge in [-0.1, -0.05) is 30.3 Å². The molecule has 0 aromatic heterocycles. The number of nitrogens with zero attached hydrogens (tertiary/aromatic N) is 1. The Balaban J connectivity index is 1.34. The lowest BCUT2D eigenvalue weighted by molar-refractivity contribution is -0.274. The summed E-state index contributed by atoms with van der Waals surface area (Å²) in [6.07, 6.45) is -3.00. The number of fused-ring (bicyclic) bond motifs is 1. The van der Waals surface area contributed by atoms with Gasteiger partial charge in [0.05, 0.1) is 0 Å². The average molecular weight is 390 g/mol. The standard InChI is InChI=1S/C21H21F3N2O2/c22-21(23,24)28-18-8-6-17(7-9-18)26-13-15-10-16(11-19(15)20(26)27)25-12-14-4-2-1-3-5-14/h1-9,15-16,19,25H,10-13H2. The van der Waals surface area contributed by atoms with Crippen LogP contribution in [-0.2, 0) is 11.3 Å². The lowest BCUT2D eigenvalue weighted by atomic mass is 10.0. The number of anilines is 1. The molecule has 3 atom stereocenters. The number of ether oxygens (including phenoxy) is 1. The number of hydrogen-bond acceptors (Lipinski definition) is 3. The highest BCUT2D eigenvalue weighted by Gasteiger charge is 2.47. The van der Waals surface area contributed by atoms with Gasteiger partial charge in [-0.05, 0) is 48.6 Å². The van der Waals surface area contributed by atoms with Crippen LogP contribution in [0.2, 0.25) is 0 Å². The summed E-state index contributed by atoms with van der Waals surface area (Å²) in [7, 11) is 0. The van der Waals surface area contributed by atoms with Gasteiger partial charge in [0.15, 0.2) is 0 Å². The van der Waals surface area contributed by atoms with Crippen LogP contribution in [0.25, 0.3) is 0 Å². The molecule has 148 valence electrons. The minimum absolute atomic E-state index is 0.0284. The zero-order valence-corrected chi connectivity index (χ0v) is 15.2. The molecule has 4 nitrogen and oxygen atoms in total. The third kappa shape index (κ3) is 4.14. The number of rotatable bonds is 5. The fourth-order valence-electron chi connectivity index (χ4n) is 4.24. The van der Waals surface area contributed by atoms with Gasteiger partial charge < -0.3 is 15.0 Å². The van der Waals surface area contributed by atoms with E-state index in [1.165, 1.54) is 29.8 Å². The monoisotopic (exact) mass is 390 g/mol. The van der Waals surface area contributed by atoms with E-state index in [-0.39, 0.29) is 23.5 Å². The summed E-state index contributed by atoms with van der Waals surface area (Å²) >= 11 is 0. The molecule has 1 aliphatic carbocycles. The van der Waals surface area contributed by atoms with Gasteiger partial charge in [-0.2, -0.15) is 0 Å². The molecule has 1 amide bonds. The molecule has 7 heteroatoms. The normalized spacial score (nSPS) is 24.5. The SMILES string of the molecule is O=C1C2CC(NCc3ccccc3)CC2CN1c1ccc(OC(F)(F)F)cc1. The van der Waals surface area contributed by atoms with Gasteiger partial charge in [-0.3, -0.25) is 4.79 Å². The topological polar surface area (TPSA) is 41.6 Å². The van der Waals surface area contributed by atoms with Crippen molar-refractivity contribution in [3.8, 4) is 5.75 Å². The van der Waals surface area contributed by atoms with Crippen LogP contribution in [0.15, 0.2) is 54.6 Å². The molecule has 1 heterocycles. The van der Waals surface area contributed by atoms with Crippen molar-refractivity contribution in [3.05, 3.63) is 60.2 Å². The Bertz CT molecular complexity index is 824. The molecule has 4 rings (SSSR count). The van der Waals surface area contributed by atoms with E-state index < -0.39 is 6.36 Å². The van der Waals surface area contributed by atoms with Crippen molar-refractivity contribution in [2.75, 3.05) is 11.4 Å². The summed E-state index contributed by atoms with van der Waals surface area (Å²) in [6.45, 7) is 1.38. The van der Waals surface area contributed by atoms with E-state index >= 15 is 0 Å². The minimum Gasteiger partial charge on any atom is -0.406 e. The molecule has 2 aromatic rings. The number of carbonyl (C=O) groups is 1. The van der Waals surface area contributed by atoms with Crippen LogP contribution in [0.4, 0.5) is 18.9 Å². The number of halogens is 3. The molecule has 3 unspecified atom stereocenters. The van der Waals surface area contributed by atoms with Gasteiger partial charge in [0, 0.05) is 30.7 Å². The van der Waals surface area contributed by atoms with Crippen LogP contribution in [0.3, 0.4) is 0 Å². The summed E-state index contributed by atoms with van der Waals surface area (Å²) < 4.78 is 40.7. The molecule has 0 spiro atoms. The molecule has 2 aliphatic rings. The van der Waals surface area contributed by atoms with Crippen LogP contribution in [0.1, 0.15) is 18.4 Å². The number of carbonyl (C=O) groups excluding carboxylic acids is 1. The first kappa shape index (κ1) is 18.8. The van der Waals surface area contributed by atoms with Crippen LogP contribution in [0.5, 0.6) is 5.75 Å². The van der Waals surface area contributed by atoms with Gasteiger partial charge in [-0.25, -0.2) is 0 Å². The van der Waals surface area contributed by atoms with Gasteiger partial charge in [0.25, 0.3) is 0 Å². The Hall–Kier alpha value is -2.54. The van der Waals surface area contributed by atoms with Crippen molar-refractivity contribution >= 4 is 11.6 Å². The number of benzene rings is 2. The Labute approximate surface area is 161 Å². The molecule has 28 heavy (non-hydrogen) atoms. The minimum atomic E-state index is -4.72. The lowest BCUT2D eigenvalue weighted by Crippen LogP contribution is -2.32. The first-order valence-corrected chi connectivity index (χ1v) is 9.33. The fourth-order valence-corrected chi connectivity index (χ4v) is 4.24. The second-order valence-electron chi connectivity index (χ2n) is 7.39. The maximum Gasteiger partial charge on any atom is 0.573 e. The zero-order chi connectivity index (χ0) is 19.7. The van der Waals surface area contributed by atoms with Crippen LogP contribution >= 0.6 is 0 Å². The zero-order valence-electron chi connectivity index (χ0n) is 15.2. The van der Waals surface area contributed by atoms with Crippen molar-refractivity contribution < 1.29 is 22.7 Å². The molecule has 1 saturated carbocycles. The number of amides is 1. The van der Waals surface area contributed by atoms with Crippen LogP contribution < -0.4 is 15.0 Å². The number of alkyl halides is 3. The fraction of sp³-hybridized carbons (Fsp3) is 0.381. The van der Waals surface area contributed by atoms with E-state index in [0.29, 0.717) is 18.3 Å². The third-order valence-electron chi connectivity index (χ3n) is 5.51. The Morgan fingerprint density at radius 1 is 1.04 bits per heavy atom. The maximum atomic E-state index is 12.8. The van der Waals surface area contributed by atoms with E-state index in [2.05, 4.69) is 22.2 Å². The van der Waals surface area contributed by atoms with Crippen molar-refractivity contribution in [2.24, 2.45) is 11.8 Å². The molecule has 1 saturated heterocycles. The van der Waals surface area contributed by atoms with Gasteiger partial charge >= 0.3 is 6.36 Å².